The summed E-state index contributed by atoms with van der Waals surface area (Å²) in [6, 6.07) is 16.1. The summed E-state index contributed by atoms with van der Waals surface area (Å²) >= 11 is 5.93. The van der Waals surface area contributed by atoms with E-state index in [1.165, 1.54) is 10.7 Å². The molecule has 0 aliphatic heterocycles. The van der Waals surface area contributed by atoms with E-state index in [1.807, 2.05) is 30.3 Å². The third-order valence-corrected chi connectivity index (χ3v) is 5.22. The molecule has 0 aliphatic carbocycles. The number of halogens is 1. The number of benzene rings is 2. The van der Waals surface area contributed by atoms with Crippen molar-refractivity contribution in [2.75, 3.05) is 20.8 Å². The van der Waals surface area contributed by atoms with E-state index in [-0.39, 0.29) is 11.5 Å². The van der Waals surface area contributed by atoms with Crippen LogP contribution < -0.4 is 20.3 Å². The van der Waals surface area contributed by atoms with Crippen molar-refractivity contribution in [1.82, 2.24) is 15.1 Å². The molecule has 0 unspecified atom stereocenters. The minimum absolute atomic E-state index is 0.0626. The number of nitrogens with one attached hydrogen (secondary N) is 1. The summed E-state index contributed by atoms with van der Waals surface area (Å²) in [6.07, 6.45) is 1.50. The lowest BCUT2D eigenvalue weighted by Gasteiger charge is -2.10. The SMILES string of the molecule is COc1ccc(CCNC(=O)CCCn2nc(-c3ccc(Cl)cc3)ccc2=O)cc1OC. The molecular weight excluding hydrogens is 430 g/mol. The van der Waals surface area contributed by atoms with Gasteiger partial charge in [-0.2, -0.15) is 5.10 Å². The standard InChI is InChI=1S/C24H26ClN3O4/c1-31-21-11-5-17(16-22(21)32-2)13-14-26-23(29)4-3-15-28-24(30)12-10-20(27-28)18-6-8-19(25)9-7-18/h5-12,16H,3-4,13-15H2,1-2H3,(H,26,29). The molecule has 0 fully saturated rings. The first kappa shape index (κ1) is 23.3. The molecule has 0 bridgehead atoms. The third kappa shape index (κ3) is 6.34. The summed E-state index contributed by atoms with van der Waals surface area (Å²) in [4.78, 5) is 24.3. The maximum atomic E-state index is 12.2. The first-order chi connectivity index (χ1) is 15.5. The molecule has 2 aromatic carbocycles. The van der Waals surface area contributed by atoms with E-state index in [4.69, 9.17) is 21.1 Å². The van der Waals surface area contributed by atoms with E-state index in [9.17, 15) is 9.59 Å². The maximum absolute atomic E-state index is 12.2. The number of carbonyl (C=O) groups excluding carboxylic acids is 1. The normalized spacial score (nSPS) is 10.6. The zero-order chi connectivity index (χ0) is 22.9. The molecule has 0 aliphatic rings. The van der Waals surface area contributed by atoms with Crippen LogP contribution in [0, 0.1) is 0 Å². The van der Waals surface area contributed by atoms with Gasteiger partial charge in [0.1, 0.15) is 0 Å². The van der Waals surface area contributed by atoms with E-state index >= 15 is 0 Å². The van der Waals surface area contributed by atoms with Gasteiger partial charge in [0.25, 0.3) is 5.56 Å². The Morgan fingerprint density at radius 3 is 2.50 bits per heavy atom. The van der Waals surface area contributed by atoms with Gasteiger partial charge in [-0.1, -0.05) is 29.8 Å². The van der Waals surface area contributed by atoms with Crippen molar-refractivity contribution in [1.29, 1.82) is 0 Å². The number of methoxy groups -OCH3 is 2. The number of nitrogens with zero attached hydrogens (tertiary/aromatic N) is 2. The molecule has 0 radical (unpaired) electrons. The van der Waals surface area contributed by atoms with Gasteiger partial charge >= 0.3 is 0 Å². The van der Waals surface area contributed by atoms with Gasteiger partial charge in [0.2, 0.25) is 5.91 Å². The zero-order valence-corrected chi connectivity index (χ0v) is 18.9. The Morgan fingerprint density at radius 2 is 1.78 bits per heavy atom. The lowest BCUT2D eigenvalue weighted by atomic mass is 10.1. The fraction of sp³-hybridized carbons (Fsp3) is 0.292. The number of rotatable bonds is 10. The number of aryl methyl sites for hydroxylation is 1. The highest BCUT2D eigenvalue weighted by Crippen LogP contribution is 2.27. The highest BCUT2D eigenvalue weighted by Gasteiger charge is 2.07. The molecule has 8 heteroatoms. The summed E-state index contributed by atoms with van der Waals surface area (Å²) in [5, 5.41) is 7.96. The second kappa shape index (κ2) is 11.3. The van der Waals surface area contributed by atoms with Crippen molar-refractivity contribution < 1.29 is 14.3 Å². The van der Waals surface area contributed by atoms with Crippen LogP contribution in [0.15, 0.2) is 59.4 Å². The van der Waals surface area contributed by atoms with Crippen LogP contribution in [-0.2, 0) is 17.8 Å². The largest absolute Gasteiger partial charge is 0.493 e. The number of hydrogen-bond donors (Lipinski definition) is 1. The molecule has 1 aromatic heterocycles. The van der Waals surface area contributed by atoms with Gasteiger partial charge in [-0.25, -0.2) is 4.68 Å². The van der Waals surface area contributed by atoms with Crippen LogP contribution in [0.3, 0.4) is 0 Å². The van der Waals surface area contributed by atoms with Crippen LogP contribution in [0.1, 0.15) is 18.4 Å². The average molecular weight is 456 g/mol. The Bertz CT molecular complexity index is 1110. The average Bonchev–Trinajstić information content (AvgIpc) is 2.80. The molecule has 1 N–H and O–H groups in total. The Balaban J connectivity index is 1.47. The topological polar surface area (TPSA) is 82.5 Å². The highest BCUT2D eigenvalue weighted by atomic mass is 35.5. The molecule has 1 heterocycles. The quantitative estimate of drug-likeness (QED) is 0.503. The van der Waals surface area contributed by atoms with E-state index in [0.29, 0.717) is 54.6 Å². The van der Waals surface area contributed by atoms with Crippen molar-refractivity contribution in [2.45, 2.75) is 25.8 Å². The predicted molar refractivity (Wildman–Crippen MR) is 124 cm³/mol. The second-order valence-corrected chi connectivity index (χ2v) is 7.62. The fourth-order valence-corrected chi connectivity index (χ4v) is 3.37. The van der Waals surface area contributed by atoms with Gasteiger partial charge in [-0.05, 0) is 48.7 Å². The van der Waals surface area contributed by atoms with Gasteiger partial charge in [-0.15, -0.1) is 0 Å². The molecular formula is C24H26ClN3O4. The van der Waals surface area contributed by atoms with E-state index in [0.717, 1.165) is 11.1 Å². The second-order valence-electron chi connectivity index (χ2n) is 7.18. The predicted octanol–water partition coefficient (Wildman–Crippen LogP) is 3.72. The highest BCUT2D eigenvalue weighted by molar-refractivity contribution is 6.30. The van der Waals surface area contributed by atoms with Gasteiger partial charge < -0.3 is 14.8 Å². The smallest absolute Gasteiger partial charge is 0.266 e. The summed E-state index contributed by atoms with van der Waals surface area (Å²) in [6.45, 7) is 0.877. The summed E-state index contributed by atoms with van der Waals surface area (Å²) in [7, 11) is 3.18. The first-order valence-corrected chi connectivity index (χ1v) is 10.7. The van der Waals surface area contributed by atoms with E-state index in [1.54, 1.807) is 32.4 Å². The zero-order valence-electron chi connectivity index (χ0n) is 18.1. The van der Waals surface area contributed by atoms with Crippen LogP contribution in [0.2, 0.25) is 5.02 Å². The lowest BCUT2D eigenvalue weighted by molar-refractivity contribution is -0.121. The first-order valence-electron chi connectivity index (χ1n) is 10.3. The summed E-state index contributed by atoms with van der Waals surface area (Å²) < 4.78 is 11.9. The summed E-state index contributed by atoms with van der Waals surface area (Å²) in [5.41, 5.74) is 2.39. The maximum Gasteiger partial charge on any atom is 0.266 e. The third-order valence-electron chi connectivity index (χ3n) is 4.96. The Kier molecular flexibility index (Phi) is 8.27. The van der Waals surface area contributed by atoms with Crippen molar-refractivity contribution in [3.63, 3.8) is 0 Å². The van der Waals surface area contributed by atoms with Gasteiger partial charge in [0.05, 0.1) is 19.9 Å². The fourth-order valence-electron chi connectivity index (χ4n) is 3.24. The molecule has 0 saturated carbocycles. The Labute approximate surface area is 191 Å². The summed E-state index contributed by atoms with van der Waals surface area (Å²) in [5.74, 6) is 1.27. The molecule has 7 nitrogen and oxygen atoms in total. The molecule has 0 spiro atoms. The van der Waals surface area contributed by atoms with E-state index in [2.05, 4.69) is 10.4 Å². The number of hydrogen-bond acceptors (Lipinski definition) is 5. The van der Waals surface area contributed by atoms with Crippen molar-refractivity contribution in [2.24, 2.45) is 0 Å². The van der Waals surface area contributed by atoms with Gasteiger partial charge in [0.15, 0.2) is 11.5 Å². The van der Waals surface area contributed by atoms with Crippen LogP contribution in [0.5, 0.6) is 11.5 Å². The Morgan fingerprint density at radius 1 is 1.03 bits per heavy atom. The lowest BCUT2D eigenvalue weighted by Crippen LogP contribution is -2.27. The Hall–Kier alpha value is -3.32. The molecule has 3 aromatic rings. The number of carbonyl (C=O) groups is 1. The molecule has 1 amide bonds. The van der Waals surface area contributed by atoms with Crippen molar-refractivity contribution in [3.05, 3.63) is 75.5 Å². The number of aromatic nitrogens is 2. The van der Waals surface area contributed by atoms with Crippen LogP contribution in [0.25, 0.3) is 11.3 Å². The van der Waals surface area contributed by atoms with Crippen molar-refractivity contribution in [3.8, 4) is 22.8 Å². The van der Waals surface area contributed by atoms with Crippen LogP contribution in [0.4, 0.5) is 0 Å². The molecule has 0 atom stereocenters. The molecule has 0 saturated heterocycles. The number of ether oxygens (including phenoxy) is 2. The molecule has 32 heavy (non-hydrogen) atoms. The van der Waals surface area contributed by atoms with Crippen LogP contribution in [-0.4, -0.2) is 36.5 Å². The van der Waals surface area contributed by atoms with Gasteiger partial charge in [-0.3, -0.25) is 9.59 Å². The van der Waals surface area contributed by atoms with Gasteiger partial charge in [0, 0.05) is 36.2 Å². The molecule has 3 rings (SSSR count). The molecule has 168 valence electrons. The monoisotopic (exact) mass is 455 g/mol. The number of amides is 1. The minimum Gasteiger partial charge on any atom is -0.493 e. The van der Waals surface area contributed by atoms with E-state index < -0.39 is 0 Å². The van der Waals surface area contributed by atoms with Crippen LogP contribution >= 0.6 is 11.6 Å². The minimum atomic E-state index is -0.198. The van der Waals surface area contributed by atoms with Crippen molar-refractivity contribution >= 4 is 17.5 Å².